The van der Waals surface area contributed by atoms with Crippen LogP contribution in [0.25, 0.3) is 0 Å². The van der Waals surface area contributed by atoms with E-state index in [0.717, 1.165) is 32.8 Å². The van der Waals surface area contributed by atoms with Crippen LogP contribution in [-0.4, -0.2) is 30.1 Å². The number of halogens is 1. The number of rotatable bonds is 6. The van der Waals surface area contributed by atoms with Crippen LogP contribution in [0.15, 0.2) is 101 Å². The van der Waals surface area contributed by atoms with E-state index in [0.29, 0.717) is 28.1 Å². The van der Waals surface area contributed by atoms with Gasteiger partial charge in [0, 0.05) is 11.8 Å². The van der Waals surface area contributed by atoms with Crippen molar-refractivity contribution in [2.75, 3.05) is 7.11 Å². The second-order valence-corrected chi connectivity index (χ2v) is 11.2. The standard InChI is InChI=1S/C33H25BrN2O4/c1-39-26-16-20(15-25(34)31(26)40-18-19-9-3-2-4-10-19)17-35-36-32(37)29-27-21-11-5-6-12-22(21)28(30(29)33(36)38)24-14-8-7-13-23(24)27/h2-17,27-30H,18H2,1H3/b35-17-/t27?,28?,29-,30+. The Morgan fingerprint density at radius 2 is 1.32 bits per heavy atom. The van der Waals surface area contributed by atoms with Gasteiger partial charge in [-0.1, -0.05) is 78.9 Å². The molecule has 0 N–H and O–H groups in total. The van der Waals surface area contributed by atoms with E-state index in [4.69, 9.17) is 9.47 Å². The predicted molar refractivity (Wildman–Crippen MR) is 154 cm³/mol. The molecule has 6 nitrogen and oxygen atoms in total. The van der Waals surface area contributed by atoms with E-state index in [1.807, 2.05) is 60.7 Å². The lowest BCUT2D eigenvalue weighted by Crippen LogP contribution is -2.41. The minimum atomic E-state index is -0.463. The molecular formula is C33H25BrN2O4. The summed E-state index contributed by atoms with van der Waals surface area (Å²) in [6.07, 6.45) is 1.53. The molecule has 0 saturated carbocycles. The van der Waals surface area contributed by atoms with Crippen molar-refractivity contribution in [3.63, 3.8) is 0 Å². The zero-order chi connectivity index (χ0) is 27.4. The normalized spacial score (nSPS) is 22.3. The van der Waals surface area contributed by atoms with Crippen molar-refractivity contribution in [2.45, 2.75) is 18.4 Å². The summed E-state index contributed by atoms with van der Waals surface area (Å²) in [5.74, 6) is -0.663. The van der Waals surface area contributed by atoms with Crippen LogP contribution in [0.5, 0.6) is 11.5 Å². The lowest BCUT2D eigenvalue weighted by atomic mass is 9.55. The average Bonchev–Trinajstić information content (AvgIpc) is 3.25. The third-order valence-electron chi connectivity index (χ3n) is 8.23. The second kappa shape index (κ2) is 9.75. The van der Waals surface area contributed by atoms with Gasteiger partial charge < -0.3 is 9.47 Å². The summed E-state index contributed by atoms with van der Waals surface area (Å²) in [4.78, 5) is 27.6. The predicted octanol–water partition coefficient (Wildman–Crippen LogP) is 6.26. The minimum absolute atomic E-state index is 0.158. The van der Waals surface area contributed by atoms with E-state index < -0.39 is 11.8 Å². The van der Waals surface area contributed by atoms with Crippen LogP contribution in [-0.2, 0) is 16.2 Å². The second-order valence-electron chi connectivity index (χ2n) is 10.3. The molecule has 2 atom stereocenters. The molecule has 0 spiro atoms. The highest BCUT2D eigenvalue weighted by Crippen LogP contribution is 2.61. The lowest BCUT2D eigenvalue weighted by Gasteiger charge is -2.45. The third-order valence-corrected chi connectivity index (χ3v) is 8.81. The van der Waals surface area contributed by atoms with Gasteiger partial charge in [-0.2, -0.15) is 10.1 Å². The Morgan fingerprint density at radius 3 is 1.85 bits per heavy atom. The Kier molecular flexibility index (Phi) is 6.04. The van der Waals surface area contributed by atoms with Crippen LogP contribution in [0.3, 0.4) is 0 Å². The zero-order valence-electron chi connectivity index (χ0n) is 21.7. The summed E-state index contributed by atoms with van der Waals surface area (Å²) in [7, 11) is 1.57. The van der Waals surface area contributed by atoms with E-state index in [1.54, 1.807) is 13.2 Å². The summed E-state index contributed by atoms with van der Waals surface area (Å²) >= 11 is 3.58. The molecule has 3 aliphatic carbocycles. The lowest BCUT2D eigenvalue weighted by molar-refractivity contribution is -0.139. The summed E-state index contributed by atoms with van der Waals surface area (Å²) < 4.78 is 12.3. The molecule has 2 bridgehead atoms. The molecule has 4 aromatic rings. The van der Waals surface area contributed by atoms with Crippen molar-refractivity contribution in [3.8, 4) is 11.5 Å². The van der Waals surface area contributed by atoms with Gasteiger partial charge in [-0.15, -0.1) is 0 Å². The smallest absolute Gasteiger partial charge is 0.254 e. The van der Waals surface area contributed by atoms with Crippen molar-refractivity contribution in [2.24, 2.45) is 16.9 Å². The first-order valence-electron chi connectivity index (χ1n) is 13.2. The molecule has 0 unspecified atom stereocenters. The Balaban J connectivity index is 1.18. The highest BCUT2D eigenvalue weighted by molar-refractivity contribution is 9.10. The molecule has 0 radical (unpaired) electrons. The largest absolute Gasteiger partial charge is 0.493 e. The maximum absolute atomic E-state index is 13.8. The van der Waals surface area contributed by atoms with Gasteiger partial charge in [0.15, 0.2) is 11.5 Å². The molecule has 7 heteroatoms. The van der Waals surface area contributed by atoms with Gasteiger partial charge in [0.1, 0.15) is 6.61 Å². The fraction of sp³-hybridized carbons (Fsp3) is 0.182. The van der Waals surface area contributed by atoms with Gasteiger partial charge in [-0.25, -0.2) is 0 Å². The number of hydrogen-bond donors (Lipinski definition) is 0. The summed E-state index contributed by atoms with van der Waals surface area (Å²) in [5, 5.41) is 5.51. The highest BCUT2D eigenvalue weighted by atomic mass is 79.9. The minimum Gasteiger partial charge on any atom is -0.493 e. The van der Waals surface area contributed by atoms with E-state index in [9.17, 15) is 9.59 Å². The Bertz CT molecular complexity index is 1570. The van der Waals surface area contributed by atoms with Crippen molar-refractivity contribution >= 4 is 34.0 Å². The molecule has 198 valence electrons. The van der Waals surface area contributed by atoms with Crippen LogP contribution in [0.1, 0.15) is 45.2 Å². The topological polar surface area (TPSA) is 68.2 Å². The highest BCUT2D eigenvalue weighted by Gasteiger charge is 2.61. The molecule has 1 aliphatic heterocycles. The molecule has 1 fully saturated rings. The van der Waals surface area contributed by atoms with Gasteiger partial charge in [0.25, 0.3) is 11.8 Å². The first-order valence-corrected chi connectivity index (χ1v) is 14.0. The van der Waals surface area contributed by atoms with Gasteiger partial charge in [0.2, 0.25) is 0 Å². The first kappa shape index (κ1) is 24.8. The number of nitrogens with zero attached hydrogens (tertiary/aromatic N) is 2. The summed E-state index contributed by atoms with van der Waals surface area (Å²) in [5.41, 5.74) is 6.26. The average molecular weight is 593 g/mol. The number of imide groups is 1. The number of benzene rings is 4. The molecule has 1 saturated heterocycles. The molecule has 8 rings (SSSR count). The molecular weight excluding hydrogens is 568 g/mol. The van der Waals surface area contributed by atoms with Crippen molar-refractivity contribution in [1.29, 1.82) is 0 Å². The number of methoxy groups -OCH3 is 1. The zero-order valence-corrected chi connectivity index (χ0v) is 23.2. The number of hydrogen-bond acceptors (Lipinski definition) is 5. The number of amides is 2. The molecule has 40 heavy (non-hydrogen) atoms. The molecule has 4 aromatic carbocycles. The maximum atomic E-state index is 13.8. The van der Waals surface area contributed by atoms with Crippen molar-refractivity contribution < 1.29 is 19.1 Å². The fourth-order valence-corrected chi connectivity index (χ4v) is 7.16. The van der Waals surface area contributed by atoms with Crippen LogP contribution < -0.4 is 9.47 Å². The van der Waals surface area contributed by atoms with Crippen molar-refractivity contribution in [3.05, 3.63) is 129 Å². The summed E-state index contributed by atoms with van der Waals surface area (Å²) in [6, 6.07) is 29.9. The van der Waals surface area contributed by atoms with Crippen LogP contribution in [0, 0.1) is 11.8 Å². The van der Waals surface area contributed by atoms with Crippen LogP contribution >= 0.6 is 15.9 Å². The van der Waals surface area contributed by atoms with Crippen LogP contribution in [0.4, 0.5) is 0 Å². The van der Waals surface area contributed by atoms with Gasteiger partial charge >= 0.3 is 0 Å². The Labute approximate surface area is 240 Å². The van der Waals surface area contributed by atoms with Crippen LogP contribution in [0.2, 0.25) is 0 Å². The number of hydrazone groups is 1. The molecule has 2 amide bonds. The van der Waals surface area contributed by atoms with Gasteiger partial charge in [-0.3, -0.25) is 9.59 Å². The van der Waals surface area contributed by atoms with E-state index in [-0.39, 0.29) is 23.7 Å². The number of carbonyl (C=O) groups excluding carboxylic acids is 2. The fourth-order valence-electron chi connectivity index (χ4n) is 6.58. The molecule has 1 heterocycles. The van der Waals surface area contributed by atoms with Gasteiger partial charge in [0.05, 0.1) is 29.6 Å². The summed E-state index contributed by atoms with van der Waals surface area (Å²) in [6.45, 7) is 0.385. The number of ether oxygens (including phenoxy) is 2. The first-order chi connectivity index (χ1) is 19.6. The SMILES string of the molecule is COc1cc(/C=N\N2C(=O)[C@@H]3C4c5ccccc5C(c5ccccc54)[C@@H]3C2=O)cc(Br)c1OCc1ccccc1. The third kappa shape index (κ3) is 3.79. The Morgan fingerprint density at radius 1 is 0.800 bits per heavy atom. The molecule has 0 aromatic heterocycles. The maximum Gasteiger partial charge on any atom is 0.254 e. The monoisotopic (exact) mass is 592 g/mol. The molecule has 4 aliphatic rings. The van der Waals surface area contributed by atoms with E-state index in [2.05, 4.69) is 45.3 Å². The Hall–Kier alpha value is -4.23. The van der Waals surface area contributed by atoms with Crippen molar-refractivity contribution in [1.82, 2.24) is 5.01 Å². The van der Waals surface area contributed by atoms with Gasteiger partial charge in [-0.05, 0) is 61.4 Å². The quantitative estimate of drug-likeness (QED) is 0.196. The van der Waals surface area contributed by atoms with E-state index >= 15 is 0 Å². The number of carbonyl (C=O) groups is 2. The van der Waals surface area contributed by atoms with E-state index in [1.165, 1.54) is 6.21 Å².